The first-order valence-electron chi connectivity index (χ1n) is 5.44. The van der Waals surface area contributed by atoms with E-state index in [1.807, 2.05) is 47.2 Å². The van der Waals surface area contributed by atoms with Crippen LogP contribution in [-0.4, -0.2) is 19.5 Å². The number of hydrogen-bond donors (Lipinski definition) is 1. The Labute approximate surface area is 109 Å². The first kappa shape index (κ1) is 10.9. The van der Waals surface area contributed by atoms with Crippen LogP contribution in [-0.2, 0) is 0 Å². The third-order valence-electron chi connectivity index (χ3n) is 2.75. The highest BCUT2D eigenvalue weighted by Gasteiger charge is 2.10. The van der Waals surface area contributed by atoms with Crippen LogP contribution in [0, 0.1) is 0 Å². The Morgan fingerprint density at radius 2 is 1.94 bits per heavy atom. The molecule has 0 spiro atoms. The van der Waals surface area contributed by atoms with Gasteiger partial charge in [0.15, 0.2) is 0 Å². The van der Waals surface area contributed by atoms with Crippen molar-refractivity contribution in [2.75, 3.05) is 0 Å². The average molecular weight is 254 g/mol. The zero-order chi connectivity index (χ0) is 12.5. The van der Waals surface area contributed by atoms with Crippen molar-refractivity contribution in [2.24, 2.45) is 5.73 Å². The molecule has 3 rings (SSSR count). The zero-order valence-electron chi connectivity index (χ0n) is 9.45. The summed E-state index contributed by atoms with van der Waals surface area (Å²) >= 11 is 5.04. The van der Waals surface area contributed by atoms with Crippen LogP contribution in [0.1, 0.15) is 5.69 Å². The van der Waals surface area contributed by atoms with Crippen molar-refractivity contribution >= 4 is 28.1 Å². The van der Waals surface area contributed by atoms with Gasteiger partial charge in [0, 0.05) is 11.6 Å². The zero-order valence-corrected chi connectivity index (χ0v) is 10.3. The topological polar surface area (TPSA) is 56.7 Å². The van der Waals surface area contributed by atoms with Gasteiger partial charge in [-0.2, -0.15) is 0 Å². The predicted octanol–water partition coefficient (Wildman–Crippen LogP) is 2.05. The van der Waals surface area contributed by atoms with E-state index < -0.39 is 0 Å². The quantitative estimate of drug-likeness (QED) is 0.711. The summed E-state index contributed by atoms with van der Waals surface area (Å²) in [6, 6.07) is 11.6. The molecule has 2 heterocycles. The van der Waals surface area contributed by atoms with Crippen LogP contribution in [0.25, 0.3) is 16.7 Å². The molecule has 0 radical (unpaired) electrons. The summed E-state index contributed by atoms with van der Waals surface area (Å²) in [5, 5.41) is 0.966. The van der Waals surface area contributed by atoms with Gasteiger partial charge in [-0.15, -0.1) is 0 Å². The SMILES string of the molecule is NC(=S)c1cccn1-c1ncnc2ccccc12. The molecule has 0 bridgehead atoms. The summed E-state index contributed by atoms with van der Waals surface area (Å²) in [7, 11) is 0. The molecule has 2 aromatic heterocycles. The Hall–Kier alpha value is -2.27. The maximum atomic E-state index is 5.71. The third-order valence-corrected chi connectivity index (χ3v) is 2.96. The van der Waals surface area contributed by atoms with E-state index in [0.29, 0.717) is 4.99 Å². The molecule has 0 unspecified atom stereocenters. The van der Waals surface area contributed by atoms with E-state index >= 15 is 0 Å². The lowest BCUT2D eigenvalue weighted by Crippen LogP contribution is -2.15. The molecule has 0 aliphatic heterocycles. The van der Waals surface area contributed by atoms with Crippen molar-refractivity contribution in [3.8, 4) is 5.82 Å². The number of para-hydroxylation sites is 1. The number of benzene rings is 1. The second kappa shape index (κ2) is 4.19. The lowest BCUT2D eigenvalue weighted by atomic mass is 10.2. The molecule has 0 fully saturated rings. The van der Waals surface area contributed by atoms with Gasteiger partial charge in [-0.1, -0.05) is 24.4 Å². The van der Waals surface area contributed by atoms with Crippen molar-refractivity contribution in [3.63, 3.8) is 0 Å². The normalized spacial score (nSPS) is 10.7. The van der Waals surface area contributed by atoms with Crippen LogP contribution in [0.5, 0.6) is 0 Å². The fraction of sp³-hybridized carbons (Fsp3) is 0. The number of rotatable bonds is 2. The molecule has 3 aromatic rings. The lowest BCUT2D eigenvalue weighted by molar-refractivity contribution is 0.996. The summed E-state index contributed by atoms with van der Waals surface area (Å²) in [6.07, 6.45) is 3.43. The molecule has 2 N–H and O–H groups in total. The van der Waals surface area contributed by atoms with E-state index in [9.17, 15) is 0 Å². The number of fused-ring (bicyclic) bond motifs is 1. The Morgan fingerprint density at radius 1 is 1.11 bits per heavy atom. The van der Waals surface area contributed by atoms with Crippen molar-refractivity contribution in [3.05, 3.63) is 54.6 Å². The van der Waals surface area contributed by atoms with E-state index in [4.69, 9.17) is 18.0 Å². The van der Waals surface area contributed by atoms with Gasteiger partial charge >= 0.3 is 0 Å². The molecule has 0 saturated heterocycles. The van der Waals surface area contributed by atoms with E-state index in [2.05, 4.69) is 9.97 Å². The van der Waals surface area contributed by atoms with Crippen LogP contribution >= 0.6 is 12.2 Å². The van der Waals surface area contributed by atoms with Crippen LogP contribution in [0.4, 0.5) is 0 Å². The fourth-order valence-corrected chi connectivity index (χ4v) is 2.12. The minimum atomic E-state index is 0.350. The number of hydrogen-bond acceptors (Lipinski definition) is 3. The molecule has 5 heteroatoms. The Morgan fingerprint density at radius 3 is 2.78 bits per heavy atom. The standard InChI is InChI=1S/C13H10N4S/c14-12(18)11-6-3-7-17(11)13-9-4-1-2-5-10(9)15-8-16-13/h1-8H,(H2,14,18). The van der Waals surface area contributed by atoms with E-state index in [-0.39, 0.29) is 0 Å². The van der Waals surface area contributed by atoms with Crippen LogP contribution in [0.15, 0.2) is 48.9 Å². The first-order chi connectivity index (χ1) is 8.77. The van der Waals surface area contributed by atoms with E-state index in [0.717, 1.165) is 22.4 Å². The number of aromatic nitrogens is 3. The van der Waals surface area contributed by atoms with Crippen LogP contribution < -0.4 is 5.73 Å². The summed E-state index contributed by atoms with van der Waals surface area (Å²) in [5.74, 6) is 0.786. The second-order valence-electron chi connectivity index (χ2n) is 3.84. The highest BCUT2D eigenvalue weighted by molar-refractivity contribution is 7.80. The predicted molar refractivity (Wildman–Crippen MR) is 74.8 cm³/mol. The van der Waals surface area contributed by atoms with Crippen molar-refractivity contribution in [1.29, 1.82) is 0 Å². The molecule has 18 heavy (non-hydrogen) atoms. The van der Waals surface area contributed by atoms with Crippen LogP contribution in [0.2, 0.25) is 0 Å². The molecule has 0 atom stereocenters. The summed E-state index contributed by atoms with van der Waals surface area (Å²) in [6.45, 7) is 0. The maximum absolute atomic E-state index is 5.71. The second-order valence-corrected chi connectivity index (χ2v) is 4.28. The monoisotopic (exact) mass is 254 g/mol. The largest absolute Gasteiger partial charge is 0.388 e. The average Bonchev–Trinajstić information content (AvgIpc) is 2.87. The van der Waals surface area contributed by atoms with Gasteiger partial charge < -0.3 is 5.73 Å². The van der Waals surface area contributed by atoms with Crippen molar-refractivity contribution < 1.29 is 0 Å². The molecule has 0 aliphatic carbocycles. The fourth-order valence-electron chi connectivity index (χ4n) is 1.95. The van der Waals surface area contributed by atoms with Gasteiger partial charge in [-0.3, -0.25) is 4.57 Å². The van der Waals surface area contributed by atoms with Gasteiger partial charge in [0.1, 0.15) is 17.1 Å². The molecular weight excluding hydrogens is 244 g/mol. The van der Waals surface area contributed by atoms with Gasteiger partial charge in [0.05, 0.1) is 11.2 Å². The van der Waals surface area contributed by atoms with Crippen molar-refractivity contribution in [2.45, 2.75) is 0 Å². The summed E-state index contributed by atoms with van der Waals surface area (Å²) in [5.41, 5.74) is 7.37. The van der Waals surface area contributed by atoms with Gasteiger partial charge in [-0.25, -0.2) is 9.97 Å². The minimum absolute atomic E-state index is 0.350. The summed E-state index contributed by atoms with van der Waals surface area (Å²) < 4.78 is 1.88. The first-order valence-corrected chi connectivity index (χ1v) is 5.85. The maximum Gasteiger partial charge on any atom is 0.148 e. The Kier molecular flexibility index (Phi) is 2.53. The van der Waals surface area contributed by atoms with Gasteiger partial charge in [0.2, 0.25) is 0 Å². The summed E-state index contributed by atoms with van der Waals surface area (Å²) in [4.78, 5) is 8.92. The Balaban J connectivity index is 2.32. The molecule has 88 valence electrons. The molecule has 4 nitrogen and oxygen atoms in total. The molecular formula is C13H10N4S. The molecule has 0 amide bonds. The highest BCUT2D eigenvalue weighted by Crippen LogP contribution is 2.19. The van der Waals surface area contributed by atoms with E-state index in [1.54, 1.807) is 6.33 Å². The highest BCUT2D eigenvalue weighted by atomic mass is 32.1. The minimum Gasteiger partial charge on any atom is -0.388 e. The lowest BCUT2D eigenvalue weighted by Gasteiger charge is -2.09. The van der Waals surface area contributed by atoms with Crippen molar-refractivity contribution in [1.82, 2.24) is 14.5 Å². The molecule has 1 aromatic carbocycles. The third kappa shape index (κ3) is 1.65. The van der Waals surface area contributed by atoms with E-state index in [1.165, 1.54) is 0 Å². The van der Waals surface area contributed by atoms with Crippen LogP contribution in [0.3, 0.4) is 0 Å². The van der Waals surface area contributed by atoms with Gasteiger partial charge in [-0.05, 0) is 24.3 Å². The smallest absolute Gasteiger partial charge is 0.148 e. The number of nitrogens with two attached hydrogens (primary N) is 1. The number of nitrogens with zero attached hydrogens (tertiary/aromatic N) is 3. The number of thiocarbonyl (C=S) groups is 1. The van der Waals surface area contributed by atoms with Gasteiger partial charge in [0.25, 0.3) is 0 Å². The molecule has 0 saturated carbocycles. The Bertz CT molecular complexity index is 727. The molecule has 0 aliphatic rings.